The zero-order chi connectivity index (χ0) is 18.5. The highest BCUT2D eigenvalue weighted by Crippen LogP contribution is 2.22. The maximum Gasteiger partial charge on any atom is 0.253 e. The lowest BCUT2D eigenvalue weighted by Gasteiger charge is -2.34. The molecule has 1 aromatic carbocycles. The Morgan fingerprint density at radius 3 is 2.42 bits per heavy atom. The van der Waals surface area contributed by atoms with Crippen LogP contribution in [0.4, 0.5) is 5.69 Å². The highest BCUT2D eigenvalue weighted by molar-refractivity contribution is 6.04. The zero-order valence-electron chi connectivity index (χ0n) is 16.0. The Kier molecular flexibility index (Phi) is 6.30. The van der Waals surface area contributed by atoms with E-state index in [0.717, 1.165) is 25.9 Å². The number of benzene rings is 1. The van der Waals surface area contributed by atoms with E-state index in [4.69, 9.17) is 0 Å². The van der Waals surface area contributed by atoms with Gasteiger partial charge in [0.2, 0.25) is 5.91 Å². The molecule has 0 unspecified atom stereocenters. The summed E-state index contributed by atoms with van der Waals surface area (Å²) in [5.41, 5.74) is 1.15. The summed E-state index contributed by atoms with van der Waals surface area (Å²) >= 11 is 0. The summed E-state index contributed by atoms with van der Waals surface area (Å²) in [6.07, 6.45) is 5.67. The van der Waals surface area contributed by atoms with Crippen LogP contribution in [0.15, 0.2) is 24.3 Å². The van der Waals surface area contributed by atoms with Gasteiger partial charge in [-0.25, -0.2) is 0 Å². The average Bonchev–Trinajstić information content (AvgIpc) is 3.07. The number of piperidine rings is 1. The summed E-state index contributed by atoms with van der Waals surface area (Å²) < 4.78 is 0. The summed E-state index contributed by atoms with van der Waals surface area (Å²) in [5, 5.41) is 6.05. The molecule has 5 heteroatoms. The molecule has 1 saturated heterocycles. The van der Waals surface area contributed by atoms with Crippen LogP contribution in [0.3, 0.4) is 0 Å². The van der Waals surface area contributed by atoms with Crippen molar-refractivity contribution in [3.05, 3.63) is 29.8 Å². The van der Waals surface area contributed by atoms with Gasteiger partial charge in [-0.2, -0.15) is 0 Å². The number of carbonyl (C=O) groups excluding carboxylic acids is 2. The predicted octanol–water partition coefficient (Wildman–Crippen LogP) is 3.28. The normalized spacial score (nSPS) is 24.4. The van der Waals surface area contributed by atoms with Crippen molar-refractivity contribution in [2.45, 2.75) is 52.0 Å². The summed E-state index contributed by atoms with van der Waals surface area (Å²) in [6.45, 7) is 6.78. The molecule has 2 N–H and O–H groups in total. The summed E-state index contributed by atoms with van der Waals surface area (Å²) in [7, 11) is 0. The van der Waals surface area contributed by atoms with Gasteiger partial charge in [-0.1, -0.05) is 38.8 Å². The zero-order valence-corrected chi connectivity index (χ0v) is 16.0. The van der Waals surface area contributed by atoms with Gasteiger partial charge < -0.3 is 10.6 Å². The van der Waals surface area contributed by atoms with Crippen LogP contribution < -0.4 is 10.6 Å². The molecule has 5 nitrogen and oxygen atoms in total. The van der Waals surface area contributed by atoms with Crippen LogP contribution in [0.2, 0.25) is 0 Å². The van der Waals surface area contributed by atoms with Crippen LogP contribution in [0.25, 0.3) is 0 Å². The Morgan fingerprint density at radius 1 is 1.08 bits per heavy atom. The molecule has 26 heavy (non-hydrogen) atoms. The maximum absolute atomic E-state index is 12.6. The second-order valence-electron chi connectivity index (χ2n) is 8.19. The van der Waals surface area contributed by atoms with Gasteiger partial charge in [0, 0.05) is 19.1 Å². The van der Waals surface area contributed by atoms with Gasteiger partial charge in [0.05, 0.1) is 17.8 Å². The van der Waals surface area contributed by atoms with Gasteiger partial charge >= 0.3 is 0 Å². The minimum absolute atomic E-state index is 0.0487. The van der Waals surface area contributed by atoms with Crippen molar-refractivity contribution in [1.29, 1.82) is 0 Å². The Hall–Kier alpha value is -1.88. The third kappa shape index (κ3) is 5.07. The molecule has 1 heterocycles. The van der Waals surface area contributed by atoms with Crippen molar-refractivity contribution >= 4 is 17.5 Å². The van der Waals surface area contributed by atoms with Crippen LogP contribution in [-0.4, -0.2) is 42.4 Å². The number of nitrogens with zero attached hydrogens (tertiary/aromatic N) is 1. The number of rotatable bonds is 5. The van der Waals surface area contributed by atoms with E-state index in [1.165, 1.54) is 19.3 Å². The van der Waals surface area contributed by atoms with E-state index in [9.17, 15) is 9.59 Å². The molecule has 1 aliphatic carbocycles. The molecule has 0 bridgehead atoms. The summed E-state index contributed by atoms with van der Waals surface area (Å²) in [6, 6.07) is 7.55. The Balaban J connectivity index is 1.60. The third-order valence-corrected chi connectivity index (χ3v) is 5.45. The first kappa shape index (κ1) is 18.9. The summed E-state index contributed by atoms with van der Waals surface area (Å²) in [5.74, 6) is 1.10. The number of hydrogen-bond acceptors (Lipinski definition) is 3. The summed E-state index contributed by atoms with van der Waals surface area (Å²) in [4.78, 5) is 27.4. The van der Waals surface area contributed by atoms with Crippen LogP contribution >= 0.6 is 0 Å². The molecule has 0 radical (unpaired) electrons. The van der Waals surface area contributed by atoms with Crippen molar-refractivity contribution in [2.75, 3.05) is 25.0 Å². The molecule has 1 saturated carbocycles. The van der Waals surface area contributed by atoms with Gasteiger partial charge in [0.15, 0.2) is 0 Å². The van der Waals surface area contributed by atoms with E-state index < -0.39 is 0 Å². The third-order valence-electron chi connectivity index (χ3n) is 5.45. The largest absolute Gasteiger partial charge is 0.349 e. The van der Waals surface area contributed by atoms with Crippen molar-refractivity contribution in [3.8, 4) is 0 Å². The standard InChI is InChI=1S/C21H31N3O2/c1-15-11-16(2)13-24(12-15)14-20(25)23-19-10-6-5-9-18(19)21(26)22-17-7-3-4-8-17/h5-6,9-10,15-17H,3-4,7-8,11-14H2,1-2H3,(H,22,26)(H,23,25)/t15-,16+. The Labute approximate surface area is 156 Å². The highest BCUT2D eigenvalue weighted by atomic mass is 16.2. The van der Waals surface area contributed by atoms with E-state index in [0.29, 0.717) is 29.6 Å². The SMILES string of the molecule is C[C@@H]1C[C@H](C)CN(CC(=O)Nc2ccccc2C(=O)NC2CCCC2)C1. The second kappa shape index (κ2) is 8.67. The second-order valence-corrected chi connectivity index (χ2v) is 8.19. The van der Waals surface area contributed by atoms with E-state index >= 15 is 0 Å². The fourth-order valence-corrected chi connectivity index (χ4v) is 4.44. The minimum Gasteiger partial charge on any atom is -0.349 e. The van der Waals surface area contributed by atoms with E-state index in [1.54, 1.807) is 6.07 Å². The van der Waals surface area contributed by atoms with E-state index in [-0.39, 0.29) is 17.9 Å². The van der Waals surface area contributed by atoms with Crippen LogP contribution in [0.5, 0.6) is 0 Å². The lowest BCUT2D eigenvalue weighted by Crippen LogP contribution is -2.43. The number of carbonyl (C=O) groups is 2. The molecular formula is C21H31N3O2. The lowest BCUT2D eigenvalue weighted by molar-refractivity contribution is -0.117. The van der Waals surface area contributed by atoms with Crippen molar-refractivity contribution in [3.63, 3.8) is 0 Å². The van der Waals surface area contributed by atoms with Crippen LogP contribution in [-0.2, 0) is 4.79 Å². The van der Waals surface area contributed by atoms with Gasteiger partial charge in [-0.05, 0) is 43.2 Å². The number of para-hydroxylation sites is 1. The lowest BCUT2D eigenvalue weighted by atomic mass is 9.92. The first-order valence-corrected chi connectivity index (χ1v) is 9.93. The molecule has 2 fully saturated rings. The predicted molar refractivity (Wildman–Crippen MR) is 104 cm³/mol. The van der Waals surface area contributed by atoms with Crippen LogP contribution in [0.1, 0.15) is 56.3 Å². The maximum atomic E-state index is 12.6. The Bertz CT molecular complexity index is 630. The first-order chi connectivity index (χ1) is 12.5. The fraction of sp³-hybridized carbons (Fsp3) is 0.619. The number of nitrogens with one attached hydrogen (secondary N) is 2. The molecule has 3 rings (SSSR count). The van der Waals surface area contributed by atoms with Gasteiger partial charge in [0.1, 0.15) is 0 Å². The van der Waals surface area contributed by atoms with E-state index in [1.807, 2.05) is 18.2 Å². The van der Waals surface area contributed by atoms with E-state index in [2.05, 4.69) is 29.4 Å². The average molecular weight is 357 g/mol. The molecule has 0 aromatic heterocycles. The van der Waals surface area contributed by atoms with Crippen molar-refractivity contribution in [2.24, 2.45) is 11.8 Å². The monoisotopic (exact) mass is 357 g/mol. The molecule has 1 aliphatic heterocycles. The molecule has 2 amide bonds. The molecule has 142 valence electrons. The number of amides is 2. The quantitative estimate of drug-likeness (QED) is 0.850. The number of likely N-dealkylation sites (tertiary alicyclic amines) is 1. The molecule has 0 spiro atoms. The van der Waals surface area contributed by atoms with Crippen molar-refractivity contribution in [1.82, 2.24) is 10.2 Å². The van der Waals surface area contributed by atoms with Gasteiger partial charge in [-0.15, -0.1) is 0 Å². The van der Waals surface area contributed by atoms with Crippen molar-refractivity contribution < 1.29 is 9.59 Å². The Morgan fingerprint density at radius 2 is 1.73 bits per heavy atom. The smallest absolute Gasteiger partial charge is 0.253 e. The minimum atomic E-state index is -0.0898. The molecule has 2 aliphatic rings. The fourth-order valence-electron chi connectivity index (χ4n) is 4.44. The van der Waals surface area contributed by atoms with Gasteiger partial charge in [0.25, 0.3) is 5.91 Å². The van der Waals surface area contributed by atoms with Crippen LogP contribution in [0, 0.1) is 11.8 Å². The van der Waals surface area contributed by atoms with Gasteiger partial charge in [-0.3, -0.25) is 14.5 Å². The molecule has 2 atom stereocenters. The first-order valence-electron chi connectivity index (χ1n) is 9.93. The molecule has 1 aromatic rings. The molecular weight excluding hydrogens is 326 g/mol. The number of anilines is 1. The highest BCUT2D eigenvalue weighted by Gasteiger charge is 2.24. The number of hydrogen-bond donors (Lipinski definition) is 2. The topological polar surface area (TPSA) is 61.4 Å².